The number of anilines is 1. The van der Waals surface area contributed by atoms with Gasteiger partial charge >= 0.3 is 0 Å². The summed E-state index contributed by atoms with van der Waals surface area (Å²) in [4.78, 5) is 35.4. The van der Waals surface area contributed by atoms with Crippen molar-refractivity contribution in [2.75, 3.05) is 5.32 Å². The highest BCUT2D eigenvalue weighted by atomic mass is 16.5. The molecule has 37 heavy (non-hydrogen) atoms. The van der Waals surface area contributed by atoms with Crippen LogP contribution in [0.3, 0.4) is 0 Å². The van der Waals surface area contributed by atoms with E-state index in [1.165, 1.54) is 0 Å². The Labute approximate surface area is 214 Å². The number of imidazole rings is 1. The summed E-state index contributed by atoms with van der Waals surface area (Å²) in [5.41, 5.74) is 4.49. The van der Waals surface area contributed by atoms with Gasteiger partial charge in [-0.25, -0.2) is 15.0 Å². The minimum Gasteiger partial charge on any atom is -0.388 e. The van der Waals surface area contributed by atoms with Crippen LogP contribution in [0.25, 0.3) is 22.6 Å². The van der Waals surface area contributed by atoms with E-state index in [2.05, 4.69) is 25.6 Å². The molecule has 5 heterocycles. The van der Waals surface area contributed by atoms with Crippen molar-refractivity contribution in [2.45, 2.75) is 65.1 Å². The Balaban J connectivity index is 1.53. The maximum absolute atomic E-state index is 12.5. The first-order chi connectivity index (χ1) is 17.8. The van der Waals surface area contributed by atoms with E-state index >= 15 is 0 Å². The molecule has 0 aromatic carbocycles. The van der Waals surface area contributed by atoms with Crippen molar-refractivity contribution in [3.05, 3.63) is 59.9 Å². The van der Waals surface area contributed by atoms with Crippen LogP contribution in [-0.2, 0) is 16.1 Å². The fraction of sp³-hybridized carbons (Fsp3) is 0.385. The second-order valence-corrected chi connectivity index (χ2v) is 9.58. The molecule has 4 aromatic heterocycles. The number of rotatable bonds is 7. The van der Waals surface area contributed by atoms with Crippen LogP contribution in [0.15, 0.2) is 43.0 Å². The predicted molar refractivity (Wildman–Crippen MR) is 137 cm³/mol. The van der Waals surface area contributed by atoms with E-state index in [4.69, 9.17) is 14.7 Å². The number of aromatic nitrogens is 6. The number of pyridine rings is 2. The van der Waals surface area contributed by atoms with Gasteiger partial charge in [0.25, 0.3) is 0 Å². The molecule has 5 rings (SSSR count). The highest BCUT2D eigenvalue weighted by Gasteiger charge is 2.40. The molecule has 11 nitrogen and oxygen atoms in total. The molecule has 3 N–H and O–H groups in total. The summed E-state index contributed by atoms with van der Waals surface area (Å²) in [7, 11) is 0. The first kappa shape index (κ1) is 24.7. The van der Waals surface area contributed by atoms with Gasteiger partial charge in [-0.05, 0) is 51.5 Å². The van der Waals surface area contributed by atoms with Gasteiger partial charge in [-0.3, -0.25) is 19.3 Å². The van der Waals surface area contributed by atoms with Crippen LogP contribution in [0.2, 0.25) is 0 Å². The first-order valence-corrected chi connectivity index (χ1v) is 12.3. The van der Waals surface area contributed by atoms with Crippen molar-refractivity contribution < 1.29 is 14.6 Å². The van der Waals surface area contributed by atoms with Gasteiger partial charge in [0.05, 0.1) is 18.6 Å². The van der Waals surface area contributed by atoms with Crippen molar-refractivity contribution in [1.82, 2.24) is 34.8 Å². The molecule has 1 amide bonds. The Morgan fingerprint density at radius 1 is 1.22 bits per heavy atom. The second-order valence-electron chi connectivity index (χ2n) is 9.58. The highest BCUT2D eigenvalue weighted by Crippen LogP contribution is 2.33. The van der Waals surface area contributed by atoms with Crippen molar-refractivity contribution in [1.29, 1.82) is 0 Å². The lowest BCUT2D eigenvalue weighted by molar-refractivity contribution is -0.135. The Bertz CT molecular complexity index is 1440. The molecule has 0 aliphatic carbocycles. The molecule has 4 aromatic rings. The van der Waals surface area contributed by atoms with Gasteiger partial charge in [0.2, 0.25) is 5.91 Å². The Hall–Kier alpha value is -3.96. The summed E-state index contributed by atoms with van der Waals surface area (Å²) in [5.74, 6) is 0.715. The monoisotopic (exact) mass is 502 g/mol. The lowest BCUT2D eigenvalue weighted by Crippen LogP contribution is -2.38. The number of aliphatic hydroxyl groups excluding tert-OH is 1. The standard InChI is InChI=1S/C26H30N8O3/c1-14(2)30-25(36)20-9-19(35)26(37-20)34-13-29-21-23(28-12-18-7-5-6-16(4)31-18)32-22(33-24(21)34)17-8-15(3)10-27-11-17/h5-8,10-11,13-14,19-20,26,35H,9,12H2,1-4H3,(H,30,36)(H,28,32,33)/t19-,20+,26-/m1/s1. The number of carbonyl (C=O) groups excluding carboxylic acids is 1. The Kier molecular flexibility index (Phi) is 6.81. The van der Waals surface area contributed by atoms with E-state index in [-0.39, 0.29) is 18.4 Å². The van der Waals surface area contributed by atoms with Gasteiger partial charge in [0.15, 0.2) is 29.0 Å². The molecule has 192 valence electrons. The highest BCUT2D eigenvalue weighted by molar-refractivity contribution is 5.85. The third kappa shape index (κ3) is 5.27. The molecule has 11 heteroatoms. The number of nitrogens with one attached hydrogen (secondary N) is 2. The molecule has 3 atom stereocenters. The zero-order valence-corrected chi connectivity index (χ0v) is 21.2. The zero-order chi connectivity index (χ0) is 26.1. The molecule has 1 fully saturated rings. The van der Waals surface area contributed by atoms with E-state index in [0.717, 1.165) is 22.5 Å². The quantitative estimate of drug-likeness (QED) is 0.348. The smallest absolute Gasteiger partial charge is 0.249 e. The SMILES string of the molecule is Cc1cncc(-c2nc(NCc3cccc(C)n3)c3ncn([C@@H]4O[C@H](C(=O)NC(C)C)C[C@H]4O)c3n2)c1. The van der Waals surface area contributed by atoms with Gasteiger partial charge in [-0.15, -0.1) is 0 Å². The van der Waals surface area contributed by atoms with E-state index in [1.54, 1.807) is 23.3 Å². The minimum absolute atomic E-state index is 0.0314. The number of nitrogens with zero attached hydrogens (tertiary/aromatic N) is 6. The van der Waals surface area contributed by atoms with Crippen molar-refractivity contribution >= 4 is 22.9 Å². The summed E-state index contributed by atoms with van der Waals surface area (Å²) in [5, 5.41) is 17.0. The Morgan fingerprint density at radius 3 is 2.81 bits per heavy atom. The molecule has 0 radical (unpaired) electrons. The summed E-state index contributed by atoms with van der Waals surface area (Å²) < 4.78 is 7.65. The molecule has 0 unspecified atom stereocenters. The molecule has 1 aliphatic heterocycles. The van der Waals surface area contributed by atoms with Crippen LogP contribution in [0, 0.1) is 13.8 Å². The molecule has 0 spiro atoms. The third-order valence-corrected chi connectivity index (χ3v) is 6.02. The van der Waals surface area contributed by atoms with E-state index in [9.17, 15) is 9.90 Å². The normalized spacial score (nSPS) is 19.5. The predicted octanol–water partition coefficient (Wildman–Crippen LogP) is 2.69. The Morgan fingerprint density at radius 2 is 2.05 bits per heavy atom. The number of fused-ring (bicyclic) bond motifs is 1. The average Bonchev–Trinajstić information content (AvgIpc) is 3.45. The lowest BCUT2D eigenvalue weighted by atomic mass is 10.2. The second kappa shape index (κ2) is 10.2. The topological polar surface area (TPSA) is 140 Å². The van der Waals surface area contributed by atoms with E-state index in [0.29, 0.717) is 29.4 Å². The fourth-order valence-electron chi connectivity index (χ4n) is 4.35. The largest absolute Gasteiger partial charge is 0.388 e. The maximum atomic E-state index is 12.5. The summed E-state index contributed by atoms with van der Waals surface area (Å²) in [6.45, 7) is 8.09. The summed E-state index contributed by atoms with van der Waals surface area (Å²) >= 11 is 0. The van der Waals surface area contributed by atoms with Crippen molar-refractivity contribution in [2.24, 2.45) is 0 Å². The number of carbonyl (C=O) groups is 1. The van der Waals surface area contributed by atoms with Crippen LogP contribution < -0.4 is 10.6 Å². The van der Waals surface area contributed by atoms with Crippen LogP contribution in [0.1, 0.15) is 43.4 Å². The molecule has 0 saturated carbocycles. The molecular formula is C26H30N8O3. The molecular weight excluding hydrogens is 472 g/mol. The van der Waals surface area contributed by atoms with Crippen LogP contribution in [0.5, 0.6) is 0 Å². The van der Waals surface area contributed by atoms with E-state index in [1.807, 2.05) is 52.0 Å². The summed E-state index contributed by atoms with van der Waals surface area (Å²) in [6.07, 6.45) is 2.70. The average molecular weight is 503 g/mol. The van der Waals surface area contributed by atoms with Gasteiger partial charge in [0, 0.05) is 36.1 Å². The zero-order valence-electron chi connectivity index (χ0n) is 21.2. The molecule has 1 aliphatic rings. The first-order valence-electron chi connectivity index (χ1n) is 12.3. The van der Waals surface area contributed by atoms with E-state index < -0.39 is 18.4 Å². The molecule has 1 saturated heterocycles. The third-order valence-electron chi connectivity index (χ3n) is 6.02. The van der Waals surface area contributed by atoms with Gasteiger partial charge in [0.1, 0.15) is 12.2 Å². The van der Waals surface area contributed by atoms with Crippen molar-refractivity contribution in [3.63, 3.8) is 0 Å². The van der Waals surface area contributed by atoms with Crippen LogP contribution in [-0.4, -0.2) is 58.8 Å². The minimum atomic E-state index is -0.910. The number of hydrogen-bond acceptors (Lipinski definition) is 9. The maximum Gasteiger partial charge on any atom is 0.249 e. The van der Waals surface area contributed by atoms with Crippen molar-refractivity contribution in [3.8, 4) is 11.4 Å². The fourth-order valence-corrected chi connectivity index (χ4v) is 4.35. The van der Waals surface area contributed by atoms with Crippen LogP contribution in [0.4, 0.5) is 5.82 Å². The number of amides is 1. The number of aliphatic hydroxyl groups is 1. The molecule has 0 bridgehead atoms. The van der Waals surface area contributed by atoms with Crippen LogP contribution >= 0.6 is 0 Å². The lowest BCUT2D eigenvalue weighted by Gasteiger charge is -2.18. The number of aryl methyl sites for hydroxylation is 2. The number of hydrogen-bond donors (Lipinski definition) is 3. The van der Waals surface area contributed by atoms with Gasteiger partial charge in [-0.2, -0.15) is 0 Å². The summed E-state index contributed by atoms with van der Waals surface area (Å²) in [6, 6.07) is 7.76. The van der Waals surface area contributed by atoms with Gasteiger partial charge < -0.3 is 20.5 Å². The van der Waals surface area contributed by atoms with Gasteiger partial charge in [-0.1, -0.05) is 6.07 Å². The number of ether oxygens (including phenoxy) is 1.